The fourth-order valence-electron chi connectivity index (χ4n) is 1.07. The van der Waals surface area contributed by atoms with Crippen LogP contribution in [0.4, 0.5) is 0 Å². The summed E-state index contributed by atoms with van der Waals surface area (Å²) in [7, 11) is 3.22. The molecule has 0 radical (unpaired) electrons. The van der Waals surface area contributed by atoms with Gasteiger partial charge in [0.15, 0.2) is 5.79 Å². The summed E-state index contributed by atoms with van der Waals surface area (Å²) in [6, 6.07) is -0.104. The number of rotatable bonds is 4. The van der Waals surface area contributed by atoms with Crippen molar-refractivity contribution in [1.29, 1.82) is 0 Å². The second kappa shape index (κ2) is 3.91. The molecule has 10 heavy (non-hydrogen) atoms. The molecular formula is C7H17NO2. The summed E-state index contributed by atoms with van der Waals surface area (Å²) >= 11 is 0. The Morgan fingerprint density at radius 2 is 1.80 bits per heavy atom. The molecule has 0 aliphatic carbocycles. The molecule has 1 atom stereocenters. The van der Waals surface area contributed by atoms with Crippen LogP contribution in [0.2, 0.25) is 0 Å². The van der Waals surface area contributed by atoms with Crippen molar-refractivity contribution in [3.63, 3.8) is 0 Å². The van der Waals surface area contributed by atoms with Gasteiger partial charge in [-0.3, -0.25) is 0 Å². The van der Waals surface area contributed by atoms with Crippen LogP contribution in [0.25, 0.3) is 0 Å². The zero-order valence-electron chi connectivity index (χ0n) is 7.18. The van der Waals surface area contributed by atoms with Gasteiger partial charge in [0, 0.05) is 20.6 Å². The largest absolute Gasteiger partial charge is 0.352 e. The van der Waals surface area contributed by atoms with Crippen molar-refractivity contribution in [2.75, 3.05) is 14.2 Å². The van der Waals surface area contributed by atoms with Crippen molar-refractivity contribution in [2.24, 2.45) is 5.73 Å². The molecule has 0 aromatic carbocycles. The third-order valence-electron chi connectivity index (χ3n) is 1.88. The molecule has 0 aliphatic heterocycles. The minimum Gasteiger partial charge on any atom is -0.352 e. The lowest BCUT2D eigenvalue weighted by molar-refractivity contribution is -0.218. The van der Waals surface area contributed by atoms with Gasteiger partial charge >= 0.3 is 0 Å². The number of hydrogen-bond donors (Lipinski definition) is 1. The van der Waals surface area contributed by atoms with Crippen LogP contribution in [-0.4, -0.2) is 26.0 Å². The first kappa shape index (κ1) is 9.88. The van der Waals surface area contributed by atoms with Gasteiger partial charge in [0.2, 0.25) is 0 Å². The van der Waals surface area contributed by atoms with Crippen LogP contribution in [-0.2, 0) is 9.47 Å². The van der Waals surface area contributed by atoms with Gasteiger partial charge in [-0.25, -0.2) is 0 Å². The van der Waals surface area contributed by atoms with E-state index < -0.39 is 5.79 Å². The van der Waals surface area contributed by atoms with Gasteiger partial charge in [0.1, 0.15) is 0 Å². The van der Waals surface area contributed by atoms with Gasteiger partial charge in [-0.1, -0.05) is 6.92 Å². The zero-order chi connectivity index (χ0) is 8.20. The molecule has 3 nitrogen and oxygen atoms in total. The summed E-state index contributed by atoms with van der Waals surface area (Å²) in [5, 5.41) is 0. The number of hydrogen-bond acceptors (Lipinski definition) is 3. The average Bonchev–Trinajstić information content (AvgIpc) is 1.92. The first-order valence-electron chi connectivity index (χ1n) is 3.48. The van der Waals surface area contributed by atoms with Crippen LogP contribution in [0.3, 0.4) is 0 Å². The van der Waals surface area contributed by atoms with Crippen LogP contribution in [0, 0.1) is 0 Å². The quantitative estimate of drug-likeness (QED) is 0.596. The molecule has 0 amide bonds. The van der Waals surface area contributed by atoms with Gasteiger partial charge in [-0.05, 0) is 6.92 Å². The van der Waals surface area contributed by atoms with Gasteiger partial charge in [0.25, 0.3) is 0 Å². The van der Waals surface area contributed by atoms with E-state index in [1.807, 2.05) is 13.8 Å². The molecule has 2 N–H and O–H groups in total. The van der Waals surface area contributed by atoms with E-state index >= 15 is 0 Å². The average molecular weight is 147 g/mol. The smallest absolute Gasteiger partial charge is 0.182 e. The molecule has 0 saturated carbocycles. The Bertz CT molecular complexity index is 81.3. The predicted molar refractivity (Wildman–Crippen MR) is 40.7 cm³/mol. The number of methoxy groups -OCH3 is 2. The van der Waals surface area contributed by atoms with E-state index in [0.29, 0.717) is 0 Å². The Kier molecular flexibility index (Phi) is 3.86. The molecule has 0 bridgehead atoms. The van der Waals surface area contributed by atoms with E-state index in [1.54, 1.807) is 14.2 Å². The Labute approximate surface area is 62.5 Å². The number of nitrogens with two attached hydrogens (primary N) is 1. The van der Waals surface area contributed by atoms with Gasteiger partial charge in [0.05, 0.1) is 6.04 Å². The van der Waals surface area contributed by atoms with Crippen molar-refractivity contribution >= 4 is 0 Å². The summed E-state index contributed by atoms with van der Waals surface area (Å²) in [5.74, 6) is -0.597. The minimum atomic E-state index is -0.597. The standard InChI is InChI=1S/C7H17NO2/c1-5-7(9-3,10-4)6(2)8/h6H,5,8H2,1-4H3. The van der Waals surface area contributed by atoms with Crippen molar-refractivity contribution < 1.29 is 9.47 Å². The highest BCUT2D eigenvalue weighted by atomic mass is 16.7. The Balaban J connectivity index is 4.15. The minimum absolute atomic E-state index is 0.104. The molecule has 0 heterocycles. The lowest BCUT2D eigenvalue weighted by atomic mass is 10.1. The summed E-state index contributed by atoms with van der Waals surface area (Å²) in [6.45, 7) is 3.85. The molecule has 0 aromatic rings. The highest BCUT2D eigenvalue weighted by molar-refractivity contribution is 4.76. The first-order chi connectivity index (χ1) is 4.63. The topological polar surface area (TPSA) is 44.5 Å². The Morgan fingerprint density at radius 1 is 1.40 bits per heavy atom. The third-order valence-corrected chi connectivity index (χ3v) is 1.88. The van der Waals surface area contributed by atoms with Crippen LogP contribution >= 0.6 is 0 Å². The summed E-state index contributed by atoms with van der Waals surface area (Å²) < 4.78 is 10.3. The molecule has 0 rings (SSSR count). The molecule has 0 aliphatic rings. The molecule has 3 heteroatoms. The molecule has 0 aromatic heterocycles. The normalized spacial score (nSPS) is 15.3. The van der Waals surface area contributed by atoms with E-state index in [-0.39, 0.29) is 6.04 Å². The lowest BCUT2D eigenvalue weighted by Crippen LogP contribution is -2.48. The maximum atomic E-state index is 5.65. The predicted octanol–water partition coefficient (Wildman–Crippen LogP) is 0.733. The summed E-state index contributed by atoms with van der Waals surface area (Å²) in [4.78, 5) is 0. The van der Waals surface area contributed by atoms with Crippen LogP contribution in [0.1, 0.15) is 20.3 Å². The lowest BCUT2D eigenvalue weighted by Gasteiger charge is -2.33. The van der Waals surface area contributed by atoms with Crippen molar-refractivity contribution in [3.8, 4) is 0 Å². The Hall–Kier alpha value is -0.120. The maximum absolute atomic E-state index is 5.65. The Morgan fingerprint density at radius 3 is 1.80 bits per heavy atom. The highest BCUT2D eigenvalue weighted by Crippen LogP contribution is 2.18. The highest BCUT2D eigenvalue weighted by Gasteiger charge is 2.31. The second-order valence-electron chi connectivity index (χ2n) is 2.36. The monoisotopic (exact) mass is 147 g/mol. The van der Waals surface area contributed by atoms with Crippen LogP contribution in [0.15, 0.2) is 0 Å². The molecular weight excluding hydrogens is 130 g/mol. The van der Waals surface area contributed by atoms with E-state index in [1.165, 1.54) is 0 Å². The summed E-state index contributed by atoms with van der Waals surface area (Å²) in [5.41, 5.74) is 5.65. The molecule has 0 spiro atoms. The SMILES string of the molecule is CCC(OC)(OC)C(C)N. The molecule has 62 valence electrons. The molecule has 0 fully saturated rings. The maximum Gasteiger partial charge on any atom is 0.182 e. The van der Waals surface area contributed by atoms with Gasteiger partial charge in [-0.15, -0.1) is 0 Å². The summed E-state index contributed by atoms with van der Waals surface area (Å²) in [6.07, 6.45) is 0.762. The van der Waals surface area contributed by atoms with E-state index in [9.17, 15) is 0 Å². The van der Waals surface area contributed by atoms with E-state index in [4.69, 9.17) is 15.2 Å². The van der Waals surface area contributed by atoms with Crippen LogP contribution < -0.4 is 5.73 Å². The fraction of sp³-hybridized carbons (Fsp3) is 1.00. The van der Waals surface area contributed by atoms with Crippen molar-refractivity contribution in [2.45, 2.75) is 32.1 Å². The van der Waals surface area contributed by atoms with Crippen molar-refractivity contribution in [1.82, 2.24) is 0 Å². The van der Waals surface area contributed by atoms with Crippen LogP contribution in [0.5, 0.6) is 0 Å². The van der Waals surface area contributed by atoms with E-state index in [0.717, 1.165) is 6.42 Å². The van der Waals surface area contributed by atoms with Gasteiger partial charge in [-0.2, -0.15) is 0 Å². The zero-order valence-corrected chi connectivity index (χ0v) is 7.18. The molecule has 0 saturated heterocycles. The second-order valence-corrected chi connectivity index (χ2v) is 2.36. The van der Waals surface area contributed by atoms with Gasteiger partial charge < -0.3 is 15.2 Å². The van der Waals surface area contributed by atoms with Crippen molar-refractivity contribution in [3.05, 3.63) is 0 Å². The third kappa shape index (κ3) is 1.68. The molecule has 1 unspecified atom stereocenters. The number of ether oxygens (including phenoxy) is 2. The first-order valence-corrected chi connectivity index (χ1v) is 3.48. The fourth-order valence-corrected chi connectivity index (χ4v) is 1.07. The van der Waals surface area contributed by atoms with E-state index in [2.05, 4.69) is 0 Å².